The third kappa shape index (κ3) is 6.01. The molecule has 2 nitrogen and oxygen atoms in total. The molecule has 0 aromatic heterocycles. The molecule has 2 rings (SSSR count). The normalized spacial score (nSPS) is 11.8. The maximum absolute atomic E-state index is 12.2. The molecule has 0 spiro atoms. The third-order valence-corrected chi connectivity index (χ3v) is 3.77. The quantitative estimate of drug-likeness (QED) is 0.717. The highest BCUT2D eigenvalue weighted by atomic mass is 35.5. The van der Waals surface area contributed by atoms with Gasteiger partial charge in [-0.2, -0.15) is 0 Å². The second-order valence-electron chi connectivity index (χ2n) is 5.86. The summed E-state index contributed by atoms with van der Waals surface area (Å²) in [6, 6.07) is 17.8. The van der Waals surface area contributed by atoms with Crippen LogP contribution in [0.4, 0.5) is 0 Å². The van der Waals surface area contributed by atoms with E-state index in [1.54, 1.807) is 6.08 Å². The highest BCUT2D eigenvalue weighted by Gasteiger charge is 2.14. The molecule has 0 fully saturated rings. The summed E-state index contributed by atoms with van der Waals surface area (Å²) in [6.45, 7) is 4.59. The largest absolute Gasteiger partial charge is 0.305 e. The number of rotatable bonds is 7. The van der Waals surface area contributed by atoms with Crippen molar-refractivity contribution >= 4 is 17.4 Å². The summed E-state index contributed by atoms with van der Waals surface area (Å²) in [5, 5.41) is 4.18. The lowest BCUT2D eigenvalue weighted by Crippen LogP contribution is -2.23. The van der Waals surface area contributed by atoms with E-state index in [2.05, 4.69) is 17.4 Å². The van der Waals surface area contributed by atoms with E-state index in [-0.39, 0.29) is 11.8 Å². The topological polar surface area (TPSA) is 29.1 Å². The van der Waals surface area contributed by atoms with Gasteiger partial charge in [0.15, 0.2) is 5.78 Å². The fourth-order valence-electron chi connectivity index (χ4n) is 2.42. The molecular weight excluding hydrogens is 306 g/mol. The van der Waals surface area contributed by atoms with Gasteiger partial charge in [-0.05, 0) is 43.2 Å². The summed E-state index contributed by atoms with van der Waals surface area (Å²) in [7, 11) is 0. The molecule has 2 aromatic rings. The molecule has 3 heteroatoms. The number of nitrogens with one attached hydrogen (secondary N) is 1. The fraction of sp³-hybridized carbons (Fsp3) is 0.250. The van der Waals surface area contributed by atoms with Gasteiger partial charge in [-0.25, -0.2) is 0 Å². The van der Waals surface area contributed by atoms with Crippen molar-refractivity contribution in [3.63, 3.8) is 0 Å². The summed E-state index contributed by atoms with van der Waals surface area (Å²) in [5.74, 6) is 0.130. The lowest BCUT2D eigenvalue weighted by molar-refractivity contribution is -0.115. The zero-order chi connectivity index (χ0) is 16.7. The van der Waals surface area contributed by atoms with E-state index < -0.39 is 0 Å². The smallest absolute Gasteiger partial charge is 0.157 e. The maximum atomic E-state index is 12.2. The van der Waals surface area contributed by atoms with Crippen LogP contribution >= 0.6 is 11.6 Å². The number of ketones is 1. The second kappa shape index (κ2) is 8.66. The molecule has 1 unspecified atom stereocenters. The number of benzene rings is 2. The first-order valence-electron chi connectivity index (χ1n) is 7.75. The summed E-state index contributed by atoms with van der Waals surface area (Å²) in [5.41, 5.74) is 3.29. The molecule has 2 aromatic carbocycles. The molecular formula is C20H22ClNO. The fourth-order valence-corrected chi connectivity index (χ4v) is 2.55. The Kier molecular flexibility index (Phi) is 6.57. The van der Waals surface area contributed by atoms with Gasteiger partial charge in [0.2, 0.25) is 0 Å². The van der Waals surface area contributed by atoms with Crippen LogP contribution in [0.25, 0.3) is 0 Å². The van der Waals surface area contributed by atoms with Crippen LogP contribution in [0.2, 0.25) is 5.02 Å². The predicted molar refractivity (Wildman–Crippen MR) is 96.5 cm³/mol. The minimum Gasteiger partial charge on any atom is -0.305 e. The average Bonchev–Trinajstić information content (AvgIpc) is 2.52. The van der Waals surface area contributed by atoms with Gasteiger partial charge in [0.1, 0.15) is 0 Å². The van der Waals surface area contributed by atoms with Crippen molar-refractivity contribution < 1.29 is 4.79 Å². The van der Waals surface area contributed by atoms with Crippen LogP contribution in [0.5, 0.6) is 0 Å². The Bertz CT molecular complexity index is 658. The van der Waals surface area contributed by atoms with Crippen LogP contribution in [0.15, 0.2) is 66.2 Å². The van der Waals surface area contributed by atoms with Crippen LogP contribution in [0, 0.1) is 0 Å². The zero-order valence-corrected chi connectivity index (χ0v) is 14.3. The SMILES string of the molecule is CC(C)=CC(=O)CC(NCc1ccccc1)c1ccc(Cl)cc1. The predicted octanol–water partition coefficient (Wildman–Crippen LogP) is 5.10. The second-order valence-corrected chi connectivity index (χ2v) is 6.30. The highest BCUT2D eigenvalue weighted by molar-refractivity contribution is 6.30. The Morgan fingerprint density at radius 2 is 1.74 bits per heavy atom. The number of halogens is 1. The Labute approximate surface area is 143 Å². The summed E-state index contributed by atoms with van der Waals surface area (Å²) in [6.07, 6.45) is 2.13. The lowest BCUT2D eigenvalue weighted by atomic mass is 10.00. The van der Waals surface area contributed by atoms with Crippen LogP contribution < -0.4 is 5.32 Å². The molecule has 0 saturated heterocycles. The first-order chi connectivity index (χ1) is 11.0. The zero-order valence-electron chi connectivity index (χ0n) is 13.6. The number of hydrogen-bond acceptors (Lipinski definition) is 2. The van der Waals surface area contributed by atoms with Gasteiger partial charge in [-0.15, -0.1) is 0 Å². The summed E-state index contributed by atoms with van der Waals surface area (Å²) in [4.78, 5) is 12.2. The van der Waals surface area contributed by atoms with Gasteiger partial charge in [0.05, 0.1) is 0 Å². The Hall–Kier alpha value is -1.90. The number of allylic oxidation sites excluding steroid dienone is 2. The molecule has 0 saturated carbocycles. The van der Waals surface area contributed by atoms with Crippen molar-refractivity contribution in [2.75, 3.05) is 0 Å². The van der Waals surface area contributed by atoms with Crippen LogP contribution in [-0.4, -0.2) is 5.78 Å². The van der Waals surface area contributed by atoms with Crippen molar-refractivity contribution in [3.05, 3.63) is 82.4 Å². The number of carbonyl (C=O) groups is 1. The van der Waals surface area contributed by atoms with E-state index in [4.69, 9.17) is 11.6 Å². The number of carbonyl (C=O) groups excluding carboxylic acids is 1. The van der Waals surface area contributed by atoms with Gasteiger partial charge in [0, 0.05) is 24.0 Å². The van der Waals surface area contributed by atoms with Crippen molar-refractivity contribution in [3.8, 4) is 0 Å². The van der Waals surface area contributed by atoms with E-state index in [9.17, 15) is 4.79 Å². The minimum absolute atomic E-state index is 0.0319. The van der Waals surface area contributed by atoms with Gasteiger partial charge in [-0.3, -0.25) is 4.79 Å². The van der Waals surface area contributed by atoms with Gasteiger partial charge in [-0.1, -0.05) is 59.6 Å². The summed E-state index contributed by atoms with van der Waals surface area (Å²) < 4.78 is 0. The van der Waals surface area contributed by atoms with Crippen molar-refractivity contribution in [2.45, 2.75) is 32.9 Å². The molecule has 0 heterocycles. The Morgan fingerprint density at radius 3 is 2.35 bits per heavy atom. The Balaban J connectivity index is 2.12. The molecule has 0 aliphatic heterocycles. The third-order valence-electron chi connectivity index (χ3n) is 3.52. The van der Waals surface area contributed by atoms with E-state index in [0.717, 1.165) is 17.7 Å². The van der Waals surface area contributed by atoms with Crippen LogP contribution in [0.3, 0.4) is 0 Å². The van der Waals surface area contributed by atoms with E-state index in [1.807, 2.05) is 56.3 Å². The van der Waals surface area contributed by atoms with Gasteiger partial charge in [0.25, 0.3) is 0 Å². The monoisotopic (exact) mass is 327 g/mol. The minimum atomic E-state index is -0.0319. The molecule has 0 aliphatic rings. The summed E-state index contributed by atoms with van der Waals surface area (Å²) >= 11 is 5.97. The molecule has 1 atom stereocenters. The van der Waals surface area contributed by atoms with Crippen LogP contribution in [-0.2, 0) is 11.3 Å². The van der Waals surface area contributed by atoms with Crippen LogP contribution in [0.1, 0.15) is 37.4 Å². The average molecular weight is 328 g/mol. The van der Waals surface area contributed by atoms with E-state index in [0.29, 0.717) is 11.4 Å². The van der Waals surface area contributed by atoms with Crippen molar-refractivity contribution in [2.24, 2.45) is 0 Å². The molecule has 0 amide bonds. The Morgan fingerprint density at radius 1 is 1.09 bits per heavy atom. The van der Waals surface area contributed by atoms with E-state index >= 15 is 0 Å². The molecule has 0 aliphatic carbocycles. The van der Waals surface area contributed by atoms with E-state index in [1.165, 1.54) is 5.56 Å². The van der Waals surface area contributed by atoms with Gasteiger partial charge < -0.3 is 5.32 Å². The van der Waals surface area contributed by atoms with Gasteiger partial charge >= 0.3 is 0 Å². The van der Waals surface area contributed by atoms with Crippen molar-refractivity contribution in [1.82, 2.24) is 5.32 Å². The molecule has 0 radical (unpaired) electrons. The lowest BCUT2D eigenvalue weighted by Gasteiger charge is -2.18. The molecule has 0 bridgehead atoms. The first-order valence-corrected chi connectivity index (χ1v) is 8.13. The van der Waals surface area contributed by atoms with Crippen molar-refractivity contribution in [1.29, 1.82) is 0 Å². The number of hydrogen-bond donors (Lipinski definition) is 1. The highest BCUT2D eigenvalue weighted by Crippen LogP contribution is 2.21. The molecule has 23 heavy (non-hydrogen) atoms. The maximum Gasteiger partial charge on any atom is 0.157 e. The molecule has 1 N–H and O–H groups in total. The standard InChI is InChI=1S/C20H22ClNO/c1-15(2)12-19(23)13-20(17-8-10-18(21)11-9-17)22-14-16-6-4-3-5-7-16/h3-12,20,22H,13-14H2,1-2H3. The molecule has 120 valence electrons. The first kappa shape index (κ1) is 17.5.